The van der Waals surface area contributed by atoms with Crippen molar-refractivity contribution >= 4 is 11.6 Å². The molecule has 0 amide bonds. The standard InChI is InChI=1S/C11H8ClNO.C3H7N/c12-9-4-6-10(7-5-9)14-11-3-1-2-8-13-11;4-3-1-2-3/h1-8H;3H,1-2,4H2. The Labute approximate surface area is 112 Å². The van der Waals surface area contributed by atoms with Crippen LogP contribution in [0.5, 0.6) is 11.6 Å². The molecule has 1 saturated carbocycles. The largest absolute Gasteiger partial charge is 0.439 e. The highest BCUT2D eigenvalue weighted by Crippen LogP contribution is 2.20. The van der Waals surface area contributed by atoms with E-state index >= 15 is 0 Å². The fraction of sp³-hybridized carbons (Fsp3) is 0.214. The lowest BCUT2D eigenvalue weighted by Crippen LogP contribution is -1.94. The zero-order valence-electron chi connectivity index (χ0n) is 9.92. The van der Waals surface area contributed by atoms with Crippen LogP contribution in [0.1, 0.15) is 12.8 Å². The Morgan fingerprint density at radius 3 is 2.28 bits per heavy atom. The average molecular weight is 263 g/mol. The molecule has 1 fully saturated rings. The molecule has 0 radical (unpaired) electrons. The number of aromatic nitrogens is 1. The zero-order chi connectivity index (χ0) is 12.8. The predicted molar refractivity (Wildman–Crippen MR) is 73.0 cm³/mol. The van der Waals surface area contributed by atoms with Gasteiger partial charge in [-0.15, -0.1) is 0 Å². The van der Waals surface area contributed by atoms with E-state index in [2.05, 4.69) is 4.98 Å². The molecule has 0 aliphatic heterocycles. The summed E-state index contributed by atoms with van der Waals surface area (Å²) in [5, 5.41) is 0.693. The maximum atomic E-state index is 5.74. The minimum atomic E-state index is 0.579. The van der Waals surface area contributed by atoms with Crippen LogP contribution in [0.2, 0.25) is 5.02 Å². The van der Waals surface area contributed by atoms with Gasteiger partial charge in [0.1, 0.15) is 5.75 Å². The second-order valence-electron chi connectivity index (χ2n) is 4.06. The number of rotatable bonds is 2. The van der Waals surface area contributed by atoms with Gasteiger partial charge in [0.2, 0.25) is 5.88 Å². The molecule has 1 aliphatic carbocycles. The Balaban J connectivity index is 0.000000256. The summed E-state index contributed by atoms with van der Waals surface area (Å²) in [6, 6.07) is 13.3. The maximum Gasteiger partial charge on any atom is 0.219 e. The number of hydrogen-bond donors (Lipinski definition) is 1. The normalized spacial score (nSPS) is 13.4. The number of benzene rings is 1. The lowest BCUT2D eigenvalue weighted by atomic mass is 10.3. The second-order valence-corrected chi connectivity index (χ2v) is 4.50. The maximum absolute atomic E-state index is 5.74. The van der Waals surface area contributed by atoms with Crippen LogP contribution in [0.15, 0.2) is 48.7 Å². The molecular formula is C14H15ClN2O. The summed E-state index contributed by atoms with van der Waals surface area (Å²) in [5.74, 6) is 1.31. The minimum Gasteiger partial charge on any atom is -0.439 e. The molecule has 94 valence electrons. The molecule has 0 unspecified atom stereocenters. The molecule has 2 N–H and O–H groups in total. The highest BCUT2D eigenvalue weighted by Gasteiger charge is 2.13. The molecule has 1 aromatic heterocycles. The van der Waals surface area contributed by atoms with Gasteiger partial charge in [0.05, 0.1) is 0 Å². The van der Waals surface area contributed by atoms with Gasteiger partial charge in [-0.1, -0.05) is 17.7 Å². The SMILES string of the molecule is Clc1ccc(Oc2ccccn2)cc1.NC1CC1. The lowest BCUT2D eigenvalue weighted by molar-refractivity contribution is 0.463. The smallest absolute Gasteiger partial charge is 0.219 e. The van der Waals surface area contributed by atoms with Gasteiger partial charge in [0.15, 0.2) is 0 Å². The highest BCUT2D eigenvalue weighted by molar-refractivity contribution is 6.30. The van der Waals surface area contributed by atoms with Crippen molar-refractivity contribution in [3.05, 3.63) is 53.7 Å². The van der Waals surface area contributed by atoms with Crippen LogP contribution in [0.3, 0.4) is 0 Å². The quantitative estimate of drug-likeness (QED) is 0.899. The monoisotopic (exact) mass is 262 g/mol. The van der Waals surface area contributed by atoms with Crippen LogP contribution in [-0.2, 0) is 0 Å². The van der Waals surface area contributed by atoms with Crippen molar-refractivity contribution in [2.45, 2.75) is 18.9 Å². The Hall–Kier alpha value is -1.58. The fourth-order valence-corrected chi connectivity index (χ4v) is 1.25. The van der Waals surface area contributed by atoms with Crippen LogP contribution in [0.25, 0.3) is 0 Å². The third kappa shape index (κ3) is 4.73. The van der Waals surface area contributed by atoms with Crippen molar-refractivity contribution in [3.8, 4) is 11.6 Å². The van der Waals surface area contributed by atoms with Crippen LogP contribution < -0.4 is 10.5 Å². The van der Waals surface area contributed by atoms with E-state index in [4.69, 9.17) is 22.1 Å². The van der Waals surface area contributed by atoms with Crippen LogP contribution in [-0.4, -0.2) is 11.0 Å². The van der Waals surface area contributed by atoms with Gasteiger partial charge in [0.25, 0.3) is 0 Å². The van der Waals surface area contributed by atoms with Crippen LogP contribution in [0, 0.1) is 0 Å². The van der Waals surface area contributed by atoms with Crippen molar-refractivity contribution in [3.63, 3.8) is 0 Å². The first kappa shape index (κ1) is 12.9. The van der Waals surface area contributed by atoms with E-state index in [-0.39, 0.29) is 0 Å². The average Bonchev–Trinajstić information content (AvgIpc) is 3.17. The summed E-state index contributed by atoms with van der Waals surface area (Å²) in [6.45, 7) is 0. The van der Waals surface area contributed by atoms with E-state index in [0.29, 0.717) is 16.9 Å². The van der Waals surface area contributed by atoms with Crippen molar-refractivity contribution in [1.82, 2.24) is 4.98 Å². The first-order valence-corrected chi connectivity index (χ1v) is 6.22. The fourth-order valence-electron chi connectivity index (χ4n) is 1.13. The summed E-state index contributed by atoms with van der Waals surface area (Å²) >= 11 is 5.74. The topological polar surface area (TPSA) is 48.1 Å². The Morgan fingerprint density at radius 1 is 1.11 bits per heavy atom. The number of halogens is 1. The summed E-state index contributed by atoms with van der Waals surface area (Å²) in [6.07, 6.45) is 4.21. The molecule has 0 atom stereocenters. The number of ether oxygens (including phenoxy) is 1. The molecule has 1 heterocycles. The van der Waals surface area contributed by atoms with Crippen LogP contribution in [0.4, 0.5) is 0 Å². The number of nitrogens with two attached hydrogens (primary N) is 1. The number of nitrogens with zero attached hydrogens (tertiary/aromatic N) is 1. The Morgan fingerprint density at radius 2 is 1.78 bits per heavy atom. The molecule has 18 heavy (non-hydrogen) atoms. The predicted octanol–water partition coefficient (Wildman–Crippen LogP) is 3.63. The van der Waals surface area contributed by atoms with Gasteiger partial charge in [-0.05, 0) is 43.2 Å². The zero-order valence-corrected chi connectivity index (χ0v) is 10.7. The Kier molecular flexibility index (Phi) is 4.56. The van der Waals surface area contributed by atoms with E-state index in [1.807, 2.05) is 12.1 Å². The first-order chi connectivity index (χ1) is 8.74. The highest BCUT2D eigenvalue weighted by atomic mass is 35.5. The van der Waals surface area contributed by atoms with Crippen molar-refractivity contribution in [2.75, 3.05) is 0 Å². The molecule has 0 saturated heterocycles. The lowest BCUT2D eigenvalue weighted by Gasteiger charge is -2.03. The molecule has 1 aliphatic rings. The number of hydrogen-bond acceptors (Lipinski definition) is 3. The minimum absolute atomic E-state index is 0.579. The summed E-state index contributed by atoms with van der Waals surface area (Å²) < 4.78 is 5.46. The Bertz CT molecular complexity index is 469. The van der Waals surface area contributed by atoms with Crippen molar-refractivity contribution < 1.29 is 4.74 Å². The van der Waals surface area contributed by atoms with Crippen molar-refractivity contribution in [1.29, 1.82) is 0 Å². The van der Waals surface area contributed by atoms with E-state index in [9.17, 15) is 0 Å². The molecule has 4 heteroatoms. The van der Waals surface area contributed by atoms with Crippen molar-refractivity contribution in [2.24, 2.45) is 5.73 Å². The number of pyridine rings is 1. The summed E-state index contributed by atoms with van der Waals surface area (Å²) in [7, 11) is 0. The van der Waals surface area contributed by atoms with E-state index in [1.165, 1.54) is 12.8 Å². The molecule has 3 nitrogen and oxygen atoms in total. The van der Waals surface area contributed by atoms with E-state index < -0.39 is 0 Å². The molecule has 2 aromatic rings. The molecule has 0 bridgehead atoms. The molecule has 1 aromatic carbocycles. The van der Waals surface area contributed by atoms with E-state index in [0.717, 1.165) is 5.75 Å². The summed E-state index contributed by atoms with van der Waals surface area (Å²) in [4.78, 5) is 4.04. The molecule has 3 rings (SSSR count). The van der Waals surface area contributed by atoms with E-state index in [1.54, 1.807) is 36.5 Å². The van der Waals surface area contributed by atoms with Crippen LogP contribution >= 0.6 is 11.6 Å². The first-order valence-electron chi connectivity index (χ1n) is 5.84. The van der Waals surface area contributed by atoms with Gasteiger partial charge in [-0.3, -0.25) is 0 Å². The molecule has 0 spiro atoms. The van der Waals surface area contributed by atoms with Gasteiger partial charge in [-0.2, -0.15) is 0 Å². The third-order valence-corrected chi connectivity index (χ3v) is 2.55. The van der Waals surface area contributed by atoms with Gasteiger partial charge < -0.3 is 10.5 Å². The van der Waals surface area contributed by atoms with Gasteiger partial charge in [0, 0.05) is 23.3 Å². The molecular weight excluding hydrogens is 248 g/mol. The third-order valence-electron chi connectivity index (χ3n) is 2.30. The van der Waals surface area contributed by atoms with Gasteiger partial charge >= 0.3 is 0 Å². The van der Waals surface area contributed by atoms with Gasteiger partial charge in [-0.25, -0.2) is 4.98 Å². The second kappa shape index (κ2) is 6.38. The summed E-state index contributed by atoms with van der Waals surface area (Å²) in [5.41, 5.74) is 5.22.